The molecule has 0 aromatic heterocycles. The summed E-state index contributed by atoms with van der Waals surface area (Å²) in [6.07, 6.45) is -5.44. The minimum absolute atomic E-state index is 0.416. The number of alkyl halides is 3. The molecular formula is C19H17F3N4O2. The lowest BCUT2D eigenvalue weighted by Gasteiger charge is -2.40. The Morgan fingerprint density at radius 2 is 1.68 bits per heavy atom. The normalized spacial score (nSPS) is 20.5. The quantitative estimate of drug-likeness (QED) is 0.555. The van der Waals surface area contributed by atoms with Crippen LogP contribution in [0.1, 0.15) is 11.6 Å². The minimum Gasteiger partial charge on any atom is -0.451 e. The molecule has 1 amide bonds. The van der Waals surface area contributed by atoms with Crippen LogP contribution in [0.25, 0.3) is 21.5 Å². The number of hydrazine groups is 3. The van der Waals surface area contributed by atoms with Crippen molar-refractivity contribution < 1.29 is 22.7 Å². The summed E-state index contributed by atoms with van der Waals surface area (Å²) in [6, 6.07) is 13.2. The zero-order valence-electron chi connectivity index (χ0n) is 14.7. The fourth-order valence-electron chi connectivity index (χ4n) is 3.51. The Kier molecular flexibility index (Phi) is 4.58. The van der Waals surface area contributed by atoms with Crippen molar-refractivity contribution in [1.82, 2.24) is 21.5 Å². The molecule has 2 atom stereocenters. The number of carbonyl (C=O) groups excluding carboxylic acids is 1. The van der Waals surface area contributed by atoms with Crippen LogP contribution >= 0.6 is 0 Å². The number of fused-ring (bicyclic) bond motifs is 3. The maximum atomic E-state index is 13.7. The first kappa shape index (κ1) is 18.5. The Balaban J connectivity index is 1.92. The van der Waals surface area contributed by atoms with E-state index < -0.39 is 24.4 Å². The molecule has 1 fully saturated rings. The van der Waals surface area contributed by atoms with Gasteiger partial charge >= 0.3 is 12.3 Å². The van der Waals surface area contributed by atoms with Gasteiger partial charge in [0.25, 0.3) is 0 Å². The summed E-state index contributed by atoms with van der Waals surface area (Å²) in [7, 11) is 1.14. The standard InChI is InChI=1S/C19H17F3N4O2/c1-28-18(27)26-24-16(17(23-25-26)19(20,21)22)15-10-11-6-2-3-7-12(11)13-8-4-5-9-14(13)15/h2-10,16-17,23-25H,1H3. The first-order valence-corrected chi connectivity index (χ1v) is 8.52. The second kappa shape index (κ2) is 6.93. The van der Waals surface area contributed by atoms with Gasteiger partial charge in [0.1, 0.15) is 6.04 Å². The second-order valence-corrected chi connectivity index (χ2v) is 6.42. The molecule has 0 spiro atoms. The van der Waals surface area contributed by atoms with Gasteiger partial charge in [-0.15, -0.1) is 5.53 Å². The SMILES string of the molecule is COC(=O)N1NNC(C(F)(F)F)C(c2cc3ccccc3c3ccccc23)N1. The number of nitrogens with one attached hydrogen (secondary N) is 3. The number of methoxy groups -OCH3 is 1. The summed E-state index contributed by atoms with van der Waals surface area (Å²) in [5.74, 6) is 0. The Morgan fingerprint density at radius 1 is 1.04 bits per heavy atom. The molecule has 1 aliphatic rings. The summed E-state index contributed by atoms with van der Waals surface area (Å²) in [5, 5.41) is 4.01. The van der Waals surface area contributed by atoms with Crippen molar-refractivity contribution >= 4 is 27.6 Å². The van der Waals surface area contributed by atoms with Crippen LogP contribution in [0.4, 0.5) is 18.0 Å². The third kappa shape index (κ3) is 3.13. The van der Waals surface area contributed by atoms with Crippen LogP contribution in [0.2, 0.25) is 0 Å². The largest absolute Gasteiger partial charge is 0.451 e. The number of nitrogens with zero attached hydrogens (tertiary/aromatic N) is 1. The summed E-state index contributed by atoms with van der Waals surface area (Å²) >= 11 is 0. The summed E-state index contributed by atoms with van der Waals surface area (Å²) in [4.78, 5) is 11.8. The van der Waals surface area contributed by atoms with E-state index in [9.17, 15) is 18.0 Å². The van der Waals surface area contributed by atoms with Crippen molar-refractivity contribution in [3.05, 3.63) is 60.2 Å². The Bertz CT molecular complexity index is 1040. The minimum atomic E-state index is -4.57. The number of ether oxygens (including phenoxy) is 1. The molecule has 0 saturated carbocycles. The van der Waals surface area contributed by atoms with Crippen LogP contribution in [-0.2, 0) is 4.74 Å². The van der Waals surface area contributed by atoms with Gasteiger partial charge in [-0.25, -0.2) is 15.6 Å². The Hall–Kier alpha value is -2.88. The lowest BCUT2D eigenvalue weighted by molar-refractivity contribution is -0.187. The first-order chi connectivity index (χ1) is 13.4. The first-order valence-electron chi connectivity index (χ1n) is 8.52. The van der Waals surface area contributed by atoms with Gasteiger partial charge in [-0.3, -0.25) is 0 Å². The number of carbonyl (C=O) groups is 1. The van der Waals surface area contributed by atoms with E-state index >= 15 is 0 Å². The zero-order chi connectivity index (χ0) is 19.9. The fourth-order valence-corrected chi connectivity index (χ4v) is 3.51. The van der Waals surface area contributed by atoms with Crippen LogP contribution in [0.15, 0.2) is 54.6 Å². The molecule has 28 heavy (non-hydrogen) atoms. The molecule has 2 unspecified atom stereocenters. The molecule has 3 aromatic carbocycles. The molecule has 9 heteroatoms. The Labute approximate surface area is 158 Å². The van der Waals surface area contributed by atoms with Crippen molar-refractivity contribution in [3.8, 4) is 0 Å². The van der Waals surface area contributed by atoms with E-state index in [0.29, 0.717) is 10.9 Å². The average molecular weight is 390 g/mol. The molecule has 0 bridgehead atoms. The number of hydrogen-bond donors (Lipinski definition) is 3. The van der Waals surface area contributed by atoms with E-state index in [-0.39, 0.29) is 0 Å². The zero-order valence-corrected chi connectivity index (χ0v) is 14.7. The third-order valence-corrected chi connectivity index (χ3v) is 4.78. The number of benzene rings is 3. The van der Waals surface area contributed by atoms with E-state index in [1.807, 2.05) is 36.4 Å². The monoisotopic (exact) mass is 390 g/mol. The number of rotatable bonds is 1. The number of amides is 1. The highest BCUT2D eigenvalue weighted by molar-refractivity contribution is 6.09. The molecule has 1 aliphatic heterocycles. The molecule has 3 N–H and O–H groups in total. The highest BCUT2D eigenvalue weighted by Gasteiger charge is 2.49. The average Bonchev–Trinajstić information content (AvgIpc) is 2.71. The molecule has 1 heterocycles. The van der Waals surface area contributed by atoms with E-state index in [1.54, 1.807) is 18.2 Å². The molecular weight excluding hydrogens is 373 g/mol. The summed E-state index contributed by atoms with van der Waals surface area (Å²) in [5.41, 5.74) is 7.38. The van der Waals surface area contributed by atoms with Gasteiger partial charge in [0, 0.05) is 0 Å². The maximum absolute atomic E-state index is 13.7. The smallest absolute Gasteiger partial charge is 0.440 e. The summed E-state index contributed by atoms with van der Waals surface area (Å²) in [6.45, 7) is 0. The highest BCUT2D eigenvalue weighted by atomic mass is 19.4. The van der Waals surface area contributed by atoms with Gasteiger partial charge in [0.05, 0.1) is 13.2 Å². The summed E-state index contributed by atoms with van der Waals surface area (Å²) < 4.78 is 45.8. The van der Waals surface area contributed by atoms with Crippen LogP contribution in [-0.4, -0.2) is 30.5 Å². The van der Waals surface area contributed by atoms with Crippen LogP contribution in [0.5, 0.6) is 0 Å². The topological polar surface area (TPSA) is 65.6 Å². The van der Waals surface area contributed by atoms with Crippen molar-refractivity contribution in [1.29, 1.82) is 0 Å². The van der Waals surface area contributed by atoms with E-state index in [2.05, 4.69) is 21.1 Å². The lowest BCUT2D eigenvalue weighted by Crippen LogP contribution is -2.71. The van der Waals surface area contributed by atoms with Crippen LogP contribution < -0.4 is 16.4 Å². The molecule has 6 nitrogen and oxygen atoms in total. The maximum Gasteiger partial charge on any atom is 0.440 e. The number of halogens is 3. The molecule has 4 rings (SSSR count). The van der Waals surface area contributed by atoms with Crippen LogP contribution in [0.3, 0.4) is 0 Å². The second-order valence-electron chi connectivity index (χ2n) is 6.42. The Morgan fingerprint density at radius 3 is 2.36 bits per heavy atom. The third-order valence-electron chi connectivity index (χ3n) is 4.78. The van der Waals surface area contributed by atoms with Crippen molar-refractivity contribution in [2.24, 2.45) is 0 Å². The van der Waals surface area contributed by atoms with E-state index in [1.165, 1.54) is 0 Å². The van der Waals surface area contributed by atoms with E-state index in [0.717, 1.165) is 28.4 Å². The highest BCUT2D eigenvalue weighted by Crippen LogP contribution is 2.37. The van der Waals surface area contributed by atoms with Crippen LogP contribution in [0, 0.1) is 0 Å². The predicted octanol–water partition coefficient (Wildman–Crippen LogP) is 3.56. The molecule has 0 aliphatic carbocycles. The van der Waals surface area contributed by atoms with Gasteiger partial charge in [-0.05, 0) is 33.2 Å². The van der Waals surface area contributed by atoms with Gasteiger partial charge in [-0.2, -0.15) is 18.3 Å². The molecule has 1 saturated heterocycles. The van der Waals surface area contributed by atoms with E-state index in [4.69, 9.17) is 0 Å². The van der Waals surface area contributed by atoms with Gasteiger partial charge in [0.2, 0.25) is 0 Å². The molecule has 0 radical (unpaired) electrons. The van der Waals surface area contributed by atoms with Gasteiger partial charge < -0.3 is 4.74 Å². The predicted molar refractivity (Wildman–Crippen MR) is 97.7 cm³/mol. The van der Waals surface area contributed by atoms with Gasteiger partial charge in [-0.1, -0.05) is 48.5 Å². The van der Waals surface area contributed by atoms with Crippen molar-refractivity contribution in [3.63, 3.8) is 0 Å². The fraction of sp³-hybridized carbons (Fsp3) is 0.211. The molecule has 3 aromatic rings. The van der Waals surface area contributed by atoms with Crippen molar-refractivity contribution in [2.45, 2.75) is 18.3 Å². The molecule has 146 valence electrons. The number of hydrogen-bond acceptors (Lipinski definition) is 5. The van der Waals surface area contributed by atoms with Gasteiger partial charge in [0.15, 0.2) is 0 Å². The van der Waals surface area contributed by atoms with Crippen molar-refractivity contribution in [2.75, 3.05) is 7.11 Å². The lowest BCUT2D eigenvalue weighted by atomic mass is 9.90.